The van der Waals surface area contributed by atoms with E-state index in [1.165, 1.54) is 0 Å². The lowest BCUT2D eigenvalue weighted by Crippen LogP contribution is -2.25. The number of aryl methyl sites for hydroxylation is 1. The van der Waals surface area contributed by atoms with Crippen LogP contribution in [0, 0.1) is 6.92 Å². The van der Waals surface area contributed by atoms with E-state index < -0.39 is 0 Å². The van der Waals surface area contributed by atoms with Crippen LogP contribution >= 0.6 is 0 Å². The number of H-pyrrole nitrogens is 1. The molecule has 0 atom stereocenters. The van der Waals surface area contributed by atoms with E-state index in [-0.39, 0.29) is 5.91 Å². The number of amides is 1. The second-order valence-electron chi connectivity index (χ2n) is 4.15. The second kappa shape index (κ2) is 5.35. The molecular formula is C13H16N4O. The molecule has 0 aliphatic rings. The van der Waals surface area contributed by atoms with Crippen LogP contribution < -0.4 is 11.1 Å². The molecule has 2 aromatic rings. The number of imidazole rings is 1. The van der Waals surface area contributed by atoms with Crippen molar-refractivity contribution in [2.75, 3.05) is 12.3 Å². The Kier molecular flexibility index (Phi) is 3.62. The van der Waals surface area contributed by atoms with E-state index in [1.807, 2.05) is 13.0 Å². The molecular weight excluding hydrogens is 228 g/mol. The Morgan fingerprint density at radius 3 is 3.00 bits per heavy atom. The molecule has 0 saturated heterocycles. The third-order valence-corrected chi connectivity index (χ3v) is 2.78. The summed E-state index contributed by atoms with van der Waals surface area (Å²) < 4.78 is 0. The van der Waals surface area contributed by atoms with Gasteiger partial charge in [0.1, 0.15) is 0 Å². The van der Waals surface area contributed by atoms with Gasteiger partial charge in [0.05, 0.1) is 6.33 Å². The van der Waals surface area contributed by atoms with E-state index in [1.54, 1.807) is 24.7 Å². The molecule has 1 heterocycles. The molecule has 0 spiro atoms. The van der Waals surface area contributed by atoms with Gasteiger partial charge < -0.3 is 16.0 Å². The normalized spacial score (nSPS) is 10.3. The zero-order chi connectivity index (χ0) is 13.0. The van der Waals surface area contributed by atoms with Crippen molar-refractivity contribution in [1.82, 2.24) is 15.3 Å². The maximum atomic E-state index is 11.8. The summed E-state index contributed by atoms with van der Waals surface area (Å²) in [5, 5.41) is 2.84. The van der Waals surface area contributed by atoms with Crippen LogP contribution in [0.3, 0.4) is 0 Å². The quantitative estimate of drug-likeness (QED) is 0.708. The molecule has 4 N–H and O–H groups in total. The average Bonchev–Trinajstić information content (AvgIpc) is 2.85. The summed E-state index contributed by atoms with van der Waals surface area (Å²) in [6, 6.07) is 5.32. The van der Waals surface area contributed by atoms with Crippen molar-refractivity contribution in [3.63, 3.8) is 0 Å². The lowest BCUT2D eigenvalue weighted by molar-refractivity contribution is 0.0954. The van der Waals surface area contributed by atoms with Gasteiger partial charge in [-0.25, -0.2) is 4.98 Å². The van der Waals surface area contributed by atoms with Crippen LogP contribution in [0.25, 0.3) is 0 Å². The highest BCUT2D eigenvalue weighted by Crippen LogP contribution is 2.12. The van der Waals surface area contributed by atoms with Gasteiger partial charge in [0.15, 0.2) is 0 Å². The summed E-state index contributed by atoms with van der Waals surface area (Å²) in [6.07, 6.45) is 4.10. The molecule has 5 heteroatoms. The maximum absolute atomic E-state index is 11.8. The number of hydrogen-bond acceptors (Lipinski definition) is 3. The first-order chi connectivity index (χ1) is 8.66. The first kappa shape index (κ1) is 12.2. The van der Waals surface area contributed by atoms with Crippen molar-refractivity contribution >= 4 is 11.6 Å². The number of nitrogen functional groups attached to an aromatic ring is 1. The summed E-state index contributed by atoms with van der Waals surface area (Å²) in [4.78, 5) is 18.7. The fraction of sp³-hybridized carbons (Fsp3) is 0.231. The molecule has 1 aromatic heterocycles. The lowest BCUT2D eigenvalue weighted by atomic mass is 10.1. The molecule has 1 aromatic carbocycles. The van der Waals surface area contributed by atoms with Gasteiger partial charge in [0.2, 0.25) is 0 Å². The van der Waals surface area contributed by atoms with Crippen LogP contribution in [0.2, 0.25) is 0 Å². The Bertz CT molecular complexity index is 534. The van der Waals surface area contributed by atoms with Gasteiger partial charge in [-0.2, -0.15) is 0 Å². The van der Waals surface area contributed by atoms with E-state index in [0.29, 0.717) is 17.8 Å². The lowest BCUT2D eigenvalue weighted by Gasteiger charge is -2.06. The monoisotopic (exact) mass is 244 g/mol. The standard InChI is InChI=1S/C13H16N4O/c1-9-2-3-10(6-12(9)14)13(18)16-5-4-11-7-15-8-17-11/h2-3,6-8H,4-5,14H2,1H3,(H,15,17)(H,16,18). The highest BCUT2D eigenvalue weighted by atomic mass is 16.1. The van der Waals surface area contributed by atoms with Gasteiger partial charge in [-0.1, -0.05) is 6.07 Å². The third kappa shape index (κ3) is 2.88. The number of aromatic amines is 1. The predicted molar refractivity (Wildman–Crippen MR) is 70.2 cm³/mol. The molecule has 0 fully saturated rings. The zero-order valence-corrected chi connectivity index (χ0v) is 10.2. The summed E-state index contributed by atoms with van der Waals surface area (Å²) >= 11 is 0. The smallest absolute Gasteiger partial charge is 0.251 e. The van der Waals surface area contributed by atoms with Crippen LogP contribution in [-0.4, -0.2) is 22.4 Å². The Morgan fingerprint density at radius 1 is 1.50 bits per heavy atom. The number of carbonyl (C=O) groups is 1. The number of benzene rings is 1. The van der Waals surface area contributed by atoms with Crippen molar-refractivity contribution in [3.05, 3.63) is 47.5 Å². The maximum Gasteiger partial charge on any atom is 0.251 e. The van der Waals surface area contributed by atoms with Crippen molar-refractivity contribution in [3.8, 4) is 0 Å². The molecule has 1 amide bonds. The molecule has 0 aliphatic heterocycles. The minimum atomic E-state index is -0.110. The van der Waals surface area contributed by atoms with Gasteiger partial charge in [-0.05, 0) is 24.6 Å². The second-order valence-corrected chi connectivity index (χ2v) is 4.15. The SMILES string of the molecule is Cc1ccc(C(=O)NCCc2cnc[nH]2)cc1N. The van der Waals surface area contributed by atoms with Gasteiger partial charge in [0, 0.05) is 36.1 Å². The first-order valence-corrected chi connectivity index (χ1v) is 5.78. The van der Waals surface area contributed by atoms with Crippen LogP contribution in [-0.2, 0) is 6.42 Å². The highest BCUT2D eigenvalue weighted by molar-refractivity contribution is 5.95. The third-order valence-electron chi connectivity index (χ3n) is 2.78. The first-order valence-electron chi connectivity index (χ1n) is 5.78. The van der Waals surface area contributed by atoms with E-state index >= 15 is 0 Å². The molecule has 0 radical (unpaired) electrons. The molecule has 18 heavy (non-hydrogen) atoms. The Labute approximate surface area is 105 Å². The largest absolute Gasteiger partial charge is 0.398 e. The minimum Gasteiger partial charge on any atom is -0.398 e. The van der Waals surface area contributed by atoms with Crippen molar-refractivity contribution in [1.29, 1.82) is 0 Å². The molecule has 0 unspecified atom stereocenters. The Balaban J connectivity index is 1.89. The van der Waals surface area contributed by atoms with Crippen molar-refractivity contribution in [2.45, 2.75) is 13.3 Å². The van der Waals surface area contributed by atoms with Crippen LogP contribution in [0.15, 0.2) is 30.7 Å². The predicted octanol–water partition coefficient (Wildman–Crippen LogP) is 1.27. The Hall–Kier alpha value is -2.30. The number of carbonyl (C=O) groups excluding carboxylic acids is 1. The van der Waals surface area contributed by atoms with Gasteiger partial charge in [-0.3, -0.25) is 4.79 Å². The molecule has 5 nitrogen and oxygen atoms in total. The highest BCUT2D eigenvalue weighted by Gasteiger charge is 2.06. The van der Waals surface area contributed by atoms with Gasteiger partial charge in [-0.15, -0.1) is 0 Å². The number of anilines is 1. The summed E-state index contributed by atoms with van der Waals surface area (Å²) in [5.41, 5.74) is 8.97. The van der Waals surface area contributed by atoms with Crippen molar-refractivity contribution < 1.29 is 4.79 Å². The number of nitrogens with two attached hydrogens (primary N) is 1. The molecule has 94 valence electrons. The number of rotatable bonds is 4. The Morgan fingerprint density at radius 2 is 2.33 bits per heavy atom. The fourth-order valence-electron chi connectivity index (χ4n) is 1.62. The van der Waals surface area contributed by atoms with Crippen LogP contribution in [0.4, 0.5) is 5.69 Å². The minimum absolute atomic E-state index is 0.110. The van der Waals surface area contributed by atoms with E-state index in [9.17, 15) is 4.79 Å². The topological polar surface area (TPSA) is 83.8 Å². The number of nitrogens with one attached hydrogen (secondary N) is 2. The summed E-state index contributed by atoms with van der Waals surface area (Å²) in [6.45, 7) is 2.48. The zero-order valence-electron chi connectivity index (χ0n) is 10.2. The van der Waals surface area contributed by atoms with Crippen molar-refractivity contribution in [2.24, 2.45) is 0 Å². The number of aromatic nitrogens is 2. The fourth-order valence-corrected chi connectivity index (χ4v) is 1.62. The van der Waals surface area contributed by atoms with Crippen LogP contribution in [0.5, 0.6) is 0 Å². The van der Waals surface area contributed by atoms with E-state index in [2.05, 4.69) is 15.3 Å². The number of hydrogen-bond donors (Lipinski definition) is 3. The average molecular weight is 244 g/mol. The number of nitrogens with zero attached hydrogens (tertiary/aromatic N) is 1. The van der Waals surface area contributed by atoms with Gasteiger partial charge >= 0.3 is 0 Å². The molecule has 2 rings (SSSR count). The van der Waals surface area contributed by atoms with Crippen LogP contribution in [0.1, 0.15) is 21.6 Å². The van der Waals surface area contributed by atoms with Gasteiger partial charge in [0.25, 0.3) is 5.91 Å². The molecule has 0 bridgehead atoms. The molecule has 0 aliphatic carbocycles. The summed E-state index contributed by atoms with van der Waals surface area (Å²) in [7, 11) is 0. The van der Waals surface area contributed by atoms with E-state index in [0.717, 1.165) is 17.7 Å². The molecule has 0 saturated carbocycles. The van der Waals surface area contributed by atoms with E-state index in [4.69, 9.17) is 5.73 Å². The summed E-state index contributed by atoms with van der Waals surface area (Å²) in [5.74, 6) is -0.110.